The van der Waals surface area contributed by atoms with Crippen LogP contribution < -0.4 is 10.7 Å². The van der Waals surface area contributed by atoms with Gasteiger partial charge in [0.2, 0.25) is 0 Å². The van der Waals surface area contributed by atoms with Gasteiger partial charge in [-0.15, -0.1) is 0 Å². The molecule has 21 heavy (non-hydrogen) atoms. The van der Waals surface area contributed by atoms with E-state index in [9.17, 15) is 14.0 Å². The fourth-order valence-corrected chi connectivity index (χ4v) is 1.40. The lowest BCUT2D eigenvalue weighted by atomic mass is 10.3. The van der Waals surface area contributed by atoms with Crippen molar-refractivity contribution in [3.63, 3.8) is 0 Å². The summed E-state index contributed by atoms with van der Waals surface area (Å²) in [6.07, 6.45) is 2.85. The van der Waals surface area contributed by atoms with E-state index in [1.54, 1.807) is 24.4 Å². The molecule has 2 N–H and O–H groups in total. The molecule has 0 atom stereocenters. The van der Waals surface area contributed by atoms with Gasteiger partial charge in [0.25, 0.3) is 0 Å². The monoisotopic (exact) mass is 286 g/mol. The number of nitrogens with one attached hydrogen (secondary N) is 2. The summed E-state index contributed by atoms with van der Waals surface area (Å²) in [5.74, 6) is -2.65. The van der Waals surface area contributed by atoms with Crippen LogP contribution in [0.15, 0.2) is 53.8 Å². The predicted octanol–water partition coefficient (Wildman–Crippen LogP) is 1.31. The Morgan fingerprint density at radius 1 is 1.10 bits per heavy atom. The minimum Gasteiger partial charge on any atom is -0.315 e. The number of nitrogens with zero attached hydrogens (tertiary/aromatic N) is 2. The molecule has 0 unspecified atom stereocenters. The van der Waals surface area contributed by atoms with E-state index >= 15 is 0 Å². The van der Waals surface area contributed by atoms with Crippen molar-refractivity contribution in [2.75, 3.05) is 5.32 Å². The molecule has 2 rings (SSSR count). The first-order valence-electron chi connectivity index (χ1n) is 5.97. The van der Waals surface area contributed by atoms with Crippen molar-refractivity contribution >= 4 is 23.7 Å². The average molecular weight is 286 g/mol. The van der Waals surface area contributed by atoms with Gasteiger partial charge in [-0.1, -0.05) is 18.2 Å². The van der Waals surface area contributed by atoms with E-state index in [1.165, 1.54) is 30.5 Å². The van der Waals surface area contributed by atoms with Crippen molar-refractivity contribution in [1.29, 1.82) is 0 Å². The second kappa shape index (κ2) is 6.90. The smallest absolute Gasteiger partial charge is 0.315 e. The van der Waals surface area contributed by atoms with E-state index in [0.717, 1.165) is 0 Å². The topological polar surface area (TPSA) is 83.5 Å². The Kier molecular flexibility index (Phi) is 4.70. The number of amides is 2. The highest BCUT2D eigenvalue weighted by Crippen LogP contribution is 2.11. The molecule has 2 aromatic rings. The number of pyridine rings is 1. The first-order valence-corrected chi connectivity index (χ1v) is 5.97. The lowest BCUT2D eigenvalue weighted by Crippen LogP contribution is -2.32. The van der Waals surface area contributed by atoms with Gasteiger partial charge in [-0.25, -0.2) is 9.82 Å². The van der Waals surface area contributed by atoms with Gasteiger partial charge in [0.05, 0.1) is 17.6 Å². The molecule has 2 amide bonds. The summed E-state index contributed by atoms with van der Waals surface area (Å²) < 4.78 is 13.3. The molecule has 0 fully saturated rings. The summed E-state index contributed by atoms with van der Waals surface area (Å²) >= 11 is 0. The Morgan fingerprint density at radius 2 is 1.86 bits per heavy atom. The highest BCUT2D eigenvalue weighted by atomic mass is 19.1. The number of aromatic nitrogens is 1. The molecule has 6 nitrogen and oxygen atoms in total. The number of para-hydroxylation sites is 1. The Labute approximate surface area is 119 Å². The molecular formula is C14H11FN4O2. The highest BCUT2D eigenvalue weighted by molar-refractivity contribution is 6.39. The minimum atomic E-state index is -1.02. The summed E-state index contributed by atoms with van der Waals surface area (Å²) in [7, 11) is 0. The third kappa shape index (κ3) is 4.20. The number of anilines is 1. The lowest BCUT2D eigenvalue weighted by Gasteiger charge is -2.04. The molecule has 0 radical (unpaired) electrons. The van der Waals surface area contributed by atoms with Crippen LogP contribution in [0.25, 0.3) is 0 Å². The van der Waals surface area contributed by atoms with Gasteiger partial charge in [-0.3, -0.25) is 14.6 Å². The zero-order valence-corrected chi connectivity index (χ0v) is 10.8. The van der Waals surface area contributed by atoms with Crippen LogP contribution in [0.1, 0.15) is 5.69 Å². The number of carbonyl (C=O) groups is 2. The van der Waals surface area contributed by atoms with Crippen LogP contribution in [0, 0.1) is 5.82 Å². The van der Waals surface area contributed by atoms with Crippen molar-refractivity contribution in [2.45, 2.75) is 0 Å². The fraction of sp³-hybridized carbons (Fsp3) is 0. The van der Waals surface area contributed by atoms with Crippen LogP contribution in [-0.4, -0.2) is 23.0 Å². The zero-order chi connectivity index (χ0) is 15.1. The molecule has 0 aliphatic heterocycles. The Bertz CT molecular complexity index is 674. The Hall–Kier alpha value is -3.09. The maximum atomic E-state index is 13.3. The summed E-state index contributed by atoms with van der Waals surface area (Å²) in [5, 5.41) is 5.73. The van der Waals surface area contributed by atoms with Crippen molar-refractivity contribution < 1.29 is 14.0 Å². The molecule has 1 heterocycles. The molecule has 0 aliphatic rings. The first-order chi connectivity index (χ1) is 10.2. The number of carbonyl (C=O) groups excluding carboxylic acids is 2. The number of halogens is 1. The molecule has 1 aromatic carbocycles. The van der Waals surface area contributed by atoms with Gasteiger partial charge in [0.15, 0.2) is 0 Å². The van der Waals surface area contributed by atoms with Crippen LogP contribution >= 0.6 is 0 Å². The average Bonchev–Trinajstić information content (AvgIpc) is 2.50. The van der Waals surface area contributed by atoms with Gasteiger partial charge in [-0.05, 0) is 24.3 Å². The Balaban J connectivity index is 1.90. The van der Waals surface area contributed by atoms with Crippen LogP contribution in [0.2, 0.25) is 0 Å². The van der Waals surface area contributed by atoms with Gasteiger partial charge in [0.1, 0.15) is 5.82 Å². The van der Waals surface area contributed by atoms with Crippen LogP contribution in [0.3, 0.4) is 0 Å². The van der Waals surface area contributed by atoms with Crippen molar-refractivity contribution in [3.05, 3.63) is 60.2 Å². The SMILES string of the molecule is O=C(N/N=C/c1ccccn1)C(=O)Nc1ccccc1F. The first kappa shape index (κ1) is 14.3. The largest absolute Gasteiger partial charge is 0.329 e. The van der Waals surface area contributed by atoms with Gasteiger partial charge >= 0.3 is 11.8 Å². The van der Waals surface area contributed by atoms with Crippen molar-refractivity contribution in [3.8, 4) is 0 Å². The minimum absolute atomic E-state index is 0.0774. The van der Waals surface area contributed by atoms with Crippen molar-refractivity contribution in [1.82, 2.24) is 10.4 Å². The van der Waals surface area contributed by atoms with Crippen LogP contribution in [0.4, 0.5) is 10.1 Å². The number of rotatable bonds is 3. The van der Waals surface area contributed by atoms with E-state index in [4.69, 9.17) is 0 Å². The van der Waals surface area contributed by atoms with Crippen molar-refractivity contribution in [2.24, 2.45) is 5.10 Å². The molecule has 0 bridgehead atoms. The quantitative estimate of drug-likeness (QED) is 0.507. The molecule has 1 aromatic heterocycles. The van der Waals surface area contributed by atoms with E-state index < -0.39 is 17.6 Å². The summed E-state index contributed by atoms with van der Waals surface area (Å²) in [5.41, 5.74) is 2.47. The fourth-order valence-electron chi connectivity index (χ4n) is 1.40. The number of hydrogen-bond donors (Lipinski definition) is 2. The third-order valence-electron chi connectivity index (χ3n) is 2.38. The summed E-state index contributed by atoms with van der Waals surface area (Å²) in [4.78, 5) is 26.9. The third-order valence-corrected chi connectivity index (χ3v) is 2.38. The number of hydrazone groups is 1. The Morgan fingerprint density at radius 3 is 2.57 bits per heavy atom. The van der Waals surface area contributed by atoms with Crippen LogP contribution in [-0.2, 0) is 9.59 Å². The number of benzene rings is 1. The molecule has 0 saturated heterocycles. The zero-order valence-electron chi connectivity index (χ0n) is 10.8. The van der Waals surface area contributed by atoms with Gasteiger partial charge in [0, 0.05) is 6.20 Å². The lowest BCUT2D eigenvalue weighted by molar-refractivity contribution is -0.136. The van der Waals surface area contributed by atoms with E-state index in [1.807, 2.05) is 5.43 Å². The molecule has 0 saturated carbocycles. The predicted molar refractivity (Wildman–Crippen MR) is 75.0 cm³/mol. The van der Waals surface area contributed by atoms with E-state index in [-0.39, 0.29) is 5.69 Å². The molecular weight excluding hydrogens is 275 g/mol. The normalized spacial score (nSPS) is 10.3. The summed E-state index contributed by atoms with van der Waals surface area (Å²) in [6.45, 7) is 0. The van der Waals surface area contributed by atoms with E-state index in [0.29, 0.717) is 5.69 Å². The second-order valence-corrected chi connectivity index (χ2v) is 3.89. The second-order valence-electron chi connectivity index (χ2n) is 3.89. The summed E-state index contributed by atoms with van der Waals surface area (Å²) in [6, 6.07) is 10.7. The molecule has 106 valence electrons. The number of hydrogen-bond acceptors (Lipinski definition) is 4. The molecule has 0 aliphatic carbocycles. The maximum Gasteiger partial charge on any atom is 0.329 e. The van der Waals surface area contributed by atoms with Gasteiger partial charge in [-0.2, -0.15) is 5.10 Å². The maximum absolute atomic E-state index is 13.3. The van der Waals surface area contributed by atoms with Crippen LogP contribution in [0.5, 0.6) is 0 Å². The van der Waals surface area contributed by atoms with E-state index in [2.05, 4.69) is 15.4 Å². The molecule has 7 heteroatoms. The highest BCUT2D eigenvalue weighted by Gasteiger charge is 2.14. The standard InChI is InChI=1S/C14H11FN4O2/c15-11-6-1-2-7-12(11)18-13(20)14(21)19-17-9-10-5-3-4-8-16-10/h1-9H,(H,18,20)(H,19,21)/b17-9+. The molecule has 0 spiro atoms. The van der Waals surface area contributed by atoms with Gasteiger partial charge < -0.3 is 5.32 Å².